The second kappa shape index (κ2) is 6.51. The van der Waals surface area contributed by atoms with E-state index < -0.39 is 0 Å². The predicted octanol–water partition coefficient (Wildman–Crippen LogP) is 4.05. The molecular formula is C20H16N4OS2. The van der Waals surface area contributed by atoms with Crippen molar-refractivity contribution in [2.24, 2.45) is 10.9 Å². The molecule has 27 heavy (non-hydrogen) atoms. The van der Waals surface area contributed by atoms with Crippen LogP contribution in [0.15, 0.2) is 59.0 Å². The summed E-state index contributed by atoms with van der Waals surface area (Å²) < 4.78 is 3.88. The van der Waals surface area contributed by atoms with Crippen LogP contribution in [0.5, 0.6) is 0 Å². The van der Waals surface area contributed by atoms with E-state index in [-0.39, 0.29) is 11.3 Å². The Hall–Kier alpha value is -2.64. The van der Waals surface area contributed by atoms with Gasteiger partial charge in [-0.15, -0.1) is 16.4 Å². The van der Waals surface area contributed by atoms with Crippen LogP contribution in [0.25, 0.3) is 11.3 Å². The Balaban J connectivity index is 1.23. The molecule has 0 spiro atoms. The second-order valence-corrected chi connectivity index (χ2v) is 8.49. The number of fused-ring (bicyclic) bond motifs is 1. The van der Waals surface area contributed by atoms with Crippen LogP contribution in [0.4, 0.5) is 0 Å². The minimum atomic E-state index is -0.0268. The summed E-state index contributed by atoms with van der Waals surface area (Å²) in [5, 5.41) is 9.00. The first-order valence-corrected chi connectivity index (χ1v) is 10.4. The minimum Gasteiger partial charge on any atom is -0.347 e. The van der Waals surface area contributed by atoms with Crippen LogP contribution in [0.2, 0.25) is 0 Å². The average Bonchev–Trinajstić information content (AvgIpc) is 3.08. The molecule has 0 saturated heterocycles. The van der Waals surface area contributed by atoms with Gasteiger partial charge < -0.3 is 5.32 Å². The first-order chi connectivity index (χ1) is 13.2. The smallest absolute Gasteiger partial charge is 0.261 e. The van der Waals surface area contributed by atoms with Gasteiger partial charge >= 0.3 is 0 Å². The molecule has 2 unspecified atom stereocenters. The third kappa shape index (κ3) is 3.02. The minimum absolute atomic E-state index is 0.0268. The Morgan fingerprint density at radius 2 is 2.11 bits per heavy atom. The summed E-state index contributed by atoms with van der Waals surface area (Å²) in [6, 6.07) is 12.0. The van der Waals surface area contributed by atoms with Crippen molar-refractivity contribution in [2.45, 2.75) is 18.4 Å². The summed E-state index contributed by atoms with van der Waals surface area (Å²) >= 11 is 2.92. The number of hydrogen-bond acceptors (Lipinski definition) is 6. The van der Waals surface area contributed by atoms with Crippen LogP contribution in [-0.2, 0) is 12.0 Å². The Morgan fingerprint density at radius 3 is 2.89 bits per heavy atom. The van der Waals surface area contributed by atoms with Crippen LogP contribution in [0.1, 0.15) is 26.5 Å². The van der Waals surface area contributed by atoms with Gasteiger partial charge in [-0.05, 0) is 35.6 Å². The van der Waals surface area contributed by atoms with Gasteiger partial charge in [0.15, 0.2) is 0 Å². The number of amides is 1. The van der Waals surface area contributed by atoms with E-state index in [0.29, 0.717) is 12.5 Å². The molecule has 3 aromatic rings. The van der Waals surface area contributed by atoms with E-state index in [9.17, 15) is 4.79 Å². The summed E-state index contributed by atoms with van der Waals surface area (Å²) in [4.78, 5) is 18.7. The summed E-state index contributed by atoms with van der Waals surface area (Å²) in [5.41, 5.74) is 3.05. The third-order valence-electron chi connectivity index (χ3n) is 5.13. The van der Waals surface area contributed by atoms with Gasteiger partial charge in [0.05, 0.1) is 4.88 Å². The quantitative estimate of drug-likeness (QED) is 0.712. The van der Waals surface area contributed by atoms with Crippen LogP contribution >= 0.6 is 22.9 Å². The topological polar surface area (TPSA) is 67.2 Å². The molecule has 1 aliphatic carbocycles. The number of aliphatic imine (C=N–C) groups is 1. The molecule has 1 N–H and O–H groups in total. The lowest BCUT2D eigenvalue weighted by molar-refractivity contribution is 0.0955. The van der Waals surface area contributed by atoms with Gasteiger partial charge in [0.2, 0.25) is 0 Å². The highest BCUT2D eigenvalue weighted by molar-refractivity contribution is 7.14. The van der Waals surface area contributed by atoms with Crippen LogP contribution in [0.3, 0.4) is 0 Å². The fraction of sp³-hybridized carbons (Fsp3) is 0.200. The molecular weight excluding hydrogens is 376 g/mol. The number of allylic oxidation sites excluding steroid dienone is 1. The highest BCUT2D eigenvalue weighted by Gasteiger charge is 2.54. The molecule has 0 radical (unpaired) electrons. The number of carbonyl (C=O) groups excluding carboxylic acids is 1. The highest BCUT2D eigenvalue weighted by atomic mass is 32.1. The largest absolute Gasteiger partial charge is 0.347 e. The predicted molar refractivity (Wildman–Crippen MR) is 108 cm³/mol. The maximum atomic E-state index is 12.5. The molecule has 1 saturated carbocycles. The van der Waals surface area contributed by atoms with Crippen LogP contribution < -0.4 is 5.32 Å². The molecule has 2 atom stereocenters. The highest BCUT2D eigenvalue weighted by Crippen LogP contribution is 2.57. The maximum absolute atomic E-state index is 12.5. The lowest BCUT2D eigenvalue weighted by atomic mass is 10.0. The zero-order chi connectivity index (χ0) is 18.3. The SMILES string of the molecule is O=C(NCc1ccc(-c2csnn2)cc1)c1ccc(C23C=CN=CC2C3)s1. The van der Waals surface area contributed by atoms with Crippen molar-refractivity contribution in [3.63, 3.8) is 0 Å². The number of nitrogens with one attached hydrogen (secondary N) is 1. The van der Waals surface area contributed by atoms with Gasteiger partial charge in [-0.1, -0.05) is 34.8 Å². The summed E-state index contributed by atoms with van der Waals surface area (Å²) in [7, 11) is 0. The average molecular weight is 393 g/mol. The van der Waals surface area contributed by atoms with Crippen molar-refractivity contribution in [3.8, 4) is 11.3 Å². The molecule has 0 bridgehead atoms. The number of rotatable bonds is 5. The summed E-state index contributed by atoms with van der Waals surface area (Å²) in [6.45, 7) is 0.502. The Kier molecular flexibility index (Phi) is 3.98. The lowest BCUT2D eigenvalue weighted by Gasteiger charge is -2.10. The lowest BCUT2D eigenvalue weighted by Crippen LogP contribution is -2.21. The number of aromatic nitrogens is 2. The van der Waals surface area contributed by atoms with Gasteiger partial charge in [-0.3, -0.25) is 9.79 Å². The fourth-order valence-corrected chi connectivity index (χ4v) is 5.07. The van der Waals surface area contributed by atoms with Crippen molar-refractivity contribution >= 4 is 35.0 Å². The Morgan fingerprint density at radius 1 is 1.22 bits per heavy atom. The number of thiophene rings is 1. The third-order valence-corrected chi connectivity index (χ3v) is 6.92. The van der Waals surface area contributed by atoms with Gasteiger partial charge in [0.25, 0.3) is 5.91 Å². The molecule has 2 aliphatic rings. The molecule has 1 fully saturated rings. The fourth-order valence-electron chi connectivity index (χ4n) is 3.44. The van der Waals surface area contributed by atoms with Crippen molar-refractivity contribution in [3.05, 3.63) is 69.4 Å². The van der Waals surface area contributed by atoms with Crippen molar-refractivity contribution in [1.82, 2.24) is 14.9 Å². The molecule has 7 heteroatoms. The number of carbonyl (C=O) groups is 1. The number of benzene rings is 1. The molecule has 5 rings (SSSR count). The van der Waals surface area contributed by atoms with E-state index in [2.05, 4.69) is 32.0 Å². The standard InChI is InChI=1S/C20H16N4OS2/c25-19(17-5-6-18(27-17)20-7-8-21-11-15(20)9-20)22-10-13-1-3-14(4-2-13)16-12-26-24-23-16/h1-8,11-12,15H,9-10H2,(H,22,25). The number of hydrogen-bond donors (Lipinski definition) is 1. The molecule has 1 amide bonds. The van der Waals surface area contributed by atoms with E-state index in [1.54, 1.807) is 11.3 Å². The summed E-state index contributed by atoms with van der Waals surface area (Å²) in [6.07, 6.45) is 7.15. The van der Waals surface area contributed by atoms with Crippen molar-refractivity contribution in [1.29, 1.82) is 0 Å². The zero-order valence-corrected chi connectivity index (χ0v) is 16.0. The van der Waals surface area contributed by atoms with Gasteiger partial charge in [0.1, 0.15) is 5.69 Å². The summed E-state index contributed by atoms with van der Waals surface area (Å²) in [5.74, 6) is 0.463. The molecule has 5 nitrogen and oxygen atoms in total. The van der Waals surface area contributed by atoms with Crippen LogP contribution in [-0.4, -0.2) is 21.7 Å². The van der Waals surface area contributed by atoms with Gasteiger partial charge in [-0.25, -0.2) is 0 Å². The first kappa shape index (κ1) is 16.5. The Labute approximate surface area is 164 Å². The van der Waals surface area contributed by atoms with E-state index in [0.717, 1.165) is 28.1 Å². The van der Waals surface area contributed by atoms with Gasteiger partial charge in [-0.2, -0.15) is 0 Å². The normalized spacial score (nSPS) is 22.4. The Bertz CT molecular complexity index is 1040. The van der Waals surface area contributed by atoms with Crippen LogP contribution in [0, 0.1) is 5.92 Å². The molecule has 1 aliphatic heterocycles. The molecule has 134 valence electrons. The second-order valence-electron chi connectivity index (χ2n) is 6.80. The first-order valence-electron chi connectivity index (χ1n) is 8.70. The molecule has 3 heterocycles. The van der Waals surface area contributed by atoms with Crippen molar-refractivity contribution in [2.75, 3.05) is 0 Å². The molecule has 2 aromatic heterocycles. The van der Waals surface area contributed by atoms with E-state index in [4.69, 9.17) is 0 Å². The monoisotopic (exact) mass is 392 g/mol. The number of nitrogens with zero attached hydrogens (tertiary/aromatic N) is 3. The molecule has 1 aromatic carbocycles. The van der Waals surface area contributed by atoms with E-state index in [1.165, 1.54) is 16.4 Å². The zero-order valence-electron chi connectivity index (χ0n) is 14.3. The van der Waals surface area contributed by atoms with Gasteiger partial charge in [0, 0.05) is 46.1 Å². The maximum Gasteiger partial charge on any atom is 0.261 e. The van der Waals surface area contributed by atoms with E-state index in [1.807, 2.05) is 48.1 Å². The van der Waals surface area contributed by atoms with Crippen molar-refractivity contribution < 1.29 is 4.79 Å². The van der Waals surface area contributed by atoms with E-state index >= 15 is 0 Å².